The van der Waals surface area contributed by atoms with Crippen molar-refractivity contribution in [2.75, 3.05) is 13.2 Å². The summed E-state index contributed by atoms with van der Waals surface area (Å²) in [6, 6.07) is 0. The number of hydrogen-bond donors (Lipinski definition) is 0. The van der Waals surface area contributed by atoms with Crippen LogP contribution in [0.5, 0.6) is 0 Å². The first-order valence-electron chi connectivity index (χ1n) is 3.68. The molecule has 0 radical (unpaired) electrons. The summed E-state index contributed by atoms with van der Waals surface area (Å²) in [5.41, 5.74) is 1.35. The Balaban J connectivity index is 1.64. The largest absolute Gasteiger partial charge is 0.382 e. The molecule has 0 aliphatic carbocycles. The molecule has 2 rings (SSSR count). The van der Waals surface area contributed by atoms with E-state index in [1.807, 2.05) is 0 Å². The highest BCUT2D eigenvalue weighted by Gasteiger charge is 2.27. The van der Waals surface area contributed by atoms with Crippen LogP contribution in [0.15, 0.2) is 0 Å². The third-order valence-electron chi connectivity index (χ3n) is 2.11. The highest BCUT2D eigenvalue weighted by Crippen LogP contribution is 2.16. The van der Waals surface area contributed by atoms with Crippen LogP contribution < -0.4 is 0 Å². The summed E-state index contributed by atoms with van der Waals surface area (Å²) in [4.78, 5) is 0. The fraction of sp³-hybridized carbons (Fsp3) is 1.00. The van der Waals surface area contributed by atoms with Crippen molar-refractivity contribution in [3.8, 4) is 0 Å². The van der Waals surface area contributed by atoms with Gasteiger partial charge in [-0.05, 0) is 12.8 Å². The van der Waals surface area contributed by atoms with E-state index in [4.69, 9.17) is 9.47 Å². The number of ether oxygens (including phenoxy) is 2. The first-order chi connectivity index (χ1) is 4.45. The second-order valence-corrected chi connectivity index (χ2v) is 5.09. The first kappa shape index (κ1) is 5.89. The third kappa shape index (κ3) is 1.18. The number of rotatable bonds is 2. The molecule has 0 saturated carbocycles. The Morgan fingerprint density at radius 3 is 1.67 bits per heavy atom. The molecule has 2 aliphatic rings. The van der Waals surface area contributed by atoms with Crippen LogP contribution in [0.1, 0.15) is 12.8 Å². The van der Waals surface area contributed by atoms with E-state index in [2.05, 4.69) is 0 Å². The van der Waals surface area contributed by atoms with Crippen molar-refractivity contribution in [1.29, 1.82) is 0 Å². The zero-order valence-electron chi connectivity index (χ0n) is 5.51. The van der Waals surface area contributed by atoms with Crippen LogP contribution in [0.4, 0.5) is 0 Å². The molecule has 0 amide bonds. The van der Waals surface area contributed by atoms with Crippen molar-refractivity contribution in [1.82, 2.24) is 0 Å². The SMILES string of the molecule is C1CC([SiH2]C2CCO2)O1. The zero-order chi connectivity index (χ0) is 6.10. The van der Waals surface area contributed by atoms with Crippen LogP contribution in [-0.2, 0) is 9.47 Å². The average molecular weight is 144 g/mol. The summed E-state index contributed by atoms with van der Waals surface area (Å²) in [5, 5.41) is 0. The Hall–Kier alpha value is 0.137. The maximum Gasteiger partial charge on any atom is 0.0901 e. The molecule has 2 fully saturated rings. The Kier molecular flexibility index (Phi) is 1.57. The highest BCUT2D eigenvalue weighted by atomic mass is 28.2. The van der Waals surface area contributed by atoms with Gasteiger partial charge in [0.2, 0.25) is 0 Å². The van der Waals surface area contributed by atoms with Crippen molar-refractivity contribution in [2.24, 2.45) is 0 Å². The predicted molar refractivity (Wildman–Crippen MR) is 37.3 cm³/mol. The minimum absolute atomic E-state index is 0.0108. The van der Waals surface area contributed by atoms with E-state index in [-0.39, 0.29) is 9.52 Å². The minimum Gasteiger partial charge on any atom is -0.382 e. The Morgan fingerprint density at radius 1 is 1.00 bits per heavy atom. The van der Waals surface area contributed by atoms with Gasteiger partial charge in [0.05, 0.1) is 9.52 Å². The van der Waals surface area contributed by atoms with Gasteiger partial charge < -0.3 is 9.47 Å². The summed E-state index contributed by atoms with van der Waals surface area (Å²) in [5.74, 6) is 0. The molecule has 2 atom stereocenters. The smallest absolute Gasteiger partial charge is 0.0901 e. The molecule has 9 heavy (non-hydrogen) atoms. The average Bonchev–Trinajstić information content (AvgIpc) is 1.57. The summed E-state index contributed by atoms with van der Waals surface area (Å²) in [6.07, 6.45) is 2.62. The van der Waals surface area contributed by atoms with E-state index in [9.17, 15) is 0 Å². The fourth-order valence-corrected chi connectivity index (χ4v) is 3.23. The molecule has 0 aromatic heterocycles. The van der Waals surface area contributed by atoms with E-state index in [0.29, 0.717) is 11.5 Å². The van der Waals surface area contributed by atoms with Gasteiger partial charge >= 0.3 is 0 Å². The molecule has 2 aliphatic heterocycles. The highest BCUT2D eigenvalue weighted by molar-refractivity contribution is 6.39. The quantitative estimate of drug-likeness (QED) is 0.493. The summed E-state index contributed by atoms with van der Waals surface area (Å²) < 4.78 is 10.6. The van der Waals surface area contributed by atoms with Gasteiger partial charge in [-0.25, -0.2) is 0 Å². The van der Waals surface area contributed by atoms with Gasteiger partial charge in [0, 0.05) is 24.7 Å². The van der Waals surface area contributed by atoms with Crippen molar-refractivity contribution in [3.05, 3.63) is 0 Å². The van der Waals surface area contributed by atoms with Crippen LogP contribution in [0.2, 0.25) is 0 Å². The number of hydrogen-bond acceptors (Lipinski definition) is 2. The van der Waals surface area contributed by atoms with E-state index < -0.39 is 0 Å². The van der Waals surface area contributed by atoms with E-state index in [0.717, 1.165) is 13.2 Å². The maximum atomic E-state index is 5.32. The lowest BCUT2D eigenvalue weighted by atomic mass is 10.4. The maximum absolute atomic E-state index is 5.32. The minimum atomic E-state index is -0.0108. The third-order valence-corrected chi connectivity index (χ3v) is 4.45. The van der Waals surface area contributed by atoms with Gasteiger partial charge in [-0.15, -0.1) is 0 Å². The van der Waals surface area contributed by atoms with Crippen molar-refractivity contribution in [3.63, 3.8) is 0 Å². The monoisotopic (exact) mass is 144 g/mol. The topological polar surface area (TPSA) is 18.5 Å². The van der Waals surface area contributed by atoms with E-state index >= 15 is 0 Å². The van der Waals surface area contributed by atoms with E-state index in [1.54, 1.807) is 0 Å². The summed E-state index contributed by atoms with van der Waals surface area (Å²) in [6.45, 7) is 2.01. The molecule has 2 heterocycles. The molecule has 2 saturated heterocycles. The summed E-state index contributed by atoms with van der Waals surface area (Å²) >= 11 is 0. The molecule has 3 heteroatoms. The van der Waals surface area contributed by atoms with Crippen LogP contribution in [-0.4, -0.2) is 34.2 Å². The lowest BCUT2D eigenvalue weighted by molar-refractivity contribution is -0.0280. The van der Waals surface area contributed by atoms with Crippen molar-refractivity contribution >= 4 is 9.52 Å². The molecule has 2 unspecified atom stereocenters. The molecule has 0 bridgehead atoms. The van der Waals surface area contributed by atoms with Gasteiger partial charge in [0.25, 0.3) is 0 Å². The standard InChI is InChI=1S/C6H12O2Si/c1-3-7-5(1)9-6-2-4-8-6/h5-6H,1-4,9H2. The molecule has 0 aromatic rings. The van der Waals surface area contributed by atoms with E-state index in [1.165, 1.54) is 12.8 Å². The van der Waals surface area contributed by atoms with Crippen LogP contribution in [0.3, 0.4) is 0 Å². The molecule has 52 valence electrons. The molecule has 0 aromatic carbocycles. The lowest BCUT2D eigenvalue weighted by Gasteiger charge is -2.33. The first-order valence-corrected chi connectivity index (χ1v) is 5.31. The predicted octanol–water partition coefficient (Wildman–Crippen LogP) is -0.352. The second kappa shape index (κ2) is 2.40. The fourth-order valence-electron chi connectivity index (χ4n) is 1.23. The zero-order valence-corrected chi connectivity index (χ0v) is 6.92. The molecular weight excluding hydrogens is 132 g/mol. The lowest BCUT2D eigenvalue weighted by Crippen LogP contribution is -2.44. The van der Waals surface area contributed by atoms with Gasteiger partial charge in [-0.2, -0.15) is 0 Å². The van der Waals surface area contributed by atoms with Crippen LogP contribution >= 0.6 is 0 Å². The van der Waals surface area contributed by atoms with Gasteiger partial charge in [0.15, 0.2) is 0 Å². The second-order valence-electron chi connectivity index (χ2n) is 2.80. The Bertz CT molecular complexity index is 87.2. The Labute approximate surface area is 57.4 Å². The Morgan fingerprint density at radius 2 is 1.44 bits per heavy atom. The normalized spacial score (nSPS) is 42.7. The summed E-state index contributed by atoms with van der Waals surface area (Å²) in [7, 11) is -0.0108. The van der Waals surface area contributed by atoms with Crippen LogP contribution in [0, 0.1) is 0 Å². The molecular formula is C6H12O2Si. The molecule has 2 nitrogen and oxygen atoms in total. The van der Waals surface area contributed by atoms with Gasteiger partial charge in [0.1, 0.15) is 0 Å². The molecule has 0 spiro atoms. The van der Waals surface area contributed by atoms with Crippen molar-refractivity contribution < 1.29 is 9.47 Å². The van der Waals surface area contributed by atoms with Gasteiger partial charge in [-0.3, -0.25) is 0 Å². The molecule has 0 N–H and O–H groups in total. The van der Waals surface area contributed by atoms with Crippen LogP contribution in [0.25, 0.3) is 0 Å². The van der Waals surface area contributed by atoms with Gasteiger partial charge in [-0.1, -0.05) is 0 Å². The van der Waals surface area contributed by atoms with Crippen molar-refractivity contribution in [2.45, 2.75) is 24.3 Å².